The molecule has 4 heteroatoms. The summed E-state index contributed by atoms with van der Waals surface area (Å²) >= 11 is 8.61. The molecule has 70 valence electrons. The first kappa shape index (κ1) is 12.4. The number of carbonyl (C=O) groups excluding carboxylic acids is 1. The highest BCUT2D eigenvalue weighted by molar-refractivity contribution is 8.21. The lowest BCUT2D eigenvalue weighted by Crippen LogP contribution is -2.03. The predicted molar refractivity (Wildman–Crippen MR) is 59.8 cm³/mol. The quantitative estimate of drug-likeness (QED) is 0.539. The summed E-state index contributed by atoms with van der Waals surface area (Å²) in [4.78, 5) is 11.0. The van der Waals surface area contributed by atoms with Crippen LogP contribution in [0.1, 0.15) is 13.8 Å². The minimum atomic E-state index is -0.330. The normalized spacial score (nSPS) is 10.2. The van der Waals surface area contributed by atoms with E-state index in [9.17, 15) is 4.79 Å². The Morgan fingerprint density at radius 3 is 1.75 bits per heavy atom. The van der Waals surface area contributed by atoms with Gasteiger partial charge in [0.2, 0.25) is 5.24 Å². The van der Waals surface area contributed by atoms with Gasteiger partial charge in [-0.15, -0.1) is 23.5 Å². The second-order valence-electron chi connectivity index (χ2n) is 2.54. The van der Waals surface area contributed by atoms with Crippen molar-refractivity contribution in [3.8, 4) is 0 Å². The number of hydrogen-bond acceptors (Lipinski definition) is 3. The average Bonchev–Trinajstić information content (AvgIpc) is 1.98. The number of carbonyl (C=O) groups is 1. The molecular weight excluding hydrogens is 212 g/mol. The summed E-state index contributed by atoms with van der Waals surface area (Å²) < 4.78 is 1.02. The Labute approximate surface area is 87.3 Å². The molecule has 0 heterocycles. The number of thioether (sulfide) groups is 2. The number of hydrogen-bond donors (Lipinski definition) is 0. The second-order valence-corrected chi connectivity index (χ2v) is 4.77. The van der Waals surface area contributed by atoms with Gasteiger partial charge in [0.15, 0.2) is 0 Å². The van der Waals surface area contributed by atoms with E-state index in [0.29, 0.717) is 0 Å². The fraction of sp³-hybridized carbons (Fsp3) is 0.625. The van der Waals surface area contributed by atoms with Crippen molar-refractivity contribution in [2.45, 2.75) is 13.8 Å². The first-order valence-corrected chi connectivity index (χ1v) is 6.39. The molecule has 0 rings (SSSR count). The summed E-state index contributed by atoms with van der Waals surface area (Å²) in [6.45, 7) is 3.95. The van der Waals surface area contributed by atoms with Crippen molar-refractivity contribution in [1.29, 1.82) is 0 Å². The molecule has 0 saturated carbocycles. The lowest BCUT2D eigenvalue weighted by atomic mass is 10.1. The van der Waals surface area contributed by atoms with Crippen LogP contribution in [0.4, 0.5) is 0 Å². The van der Waals surface area contributed by atoms with Crippen molar-refractivity contribution < 1.29 is 4.79 Å². The smallest absolute Gasteiger partial charge is 0.250 e. The van der Waals surface area contributed by atoms with Gasteiger partial charge in [0.05, 0.1) is 0 Å². The lowest BCUT2D eigenvalue weighted by Gasteiger charge is -2.10. The van der Waals surface area contributed by atoms with Crippen LogP contribution in [0.15, 0.2) is 9.81 Å². The average molecular weight is 225 g/mol. The highest BCUT2D eigenvalue weighted by atomic mass is 35.5. The van der Waals surface area contributed by atoms with E-state index in [1.54, 1.807) is 23.5 Å². The first-order valence-electron chi connectivity index (χ1n) is 3.56. The molecule has 0 aromatic rings. The largest absolute Gasteiger partial charge is 0.276 e. The first-order chi connectivity index (χ1) is 5.54. The molecule has 0 aromatic heterocycles. The van der Waals surface area contributed by atoms with Crippen molar-refractivity contribution >= 4 is 40.4 Å². The third-order valence-corrected chi connectivity index (χ3v) is 3.76. The zero-order valence-corrected chi connectivity index (χ0v) is 10.1. The molecular formula is C8H13ClOS2. The Morgan fingerprint density at radius 2 is 1.67 bits per heavy atom. The summed E-state index contributed by atoms with van der Waals surface area (Å²) in [6, 6.07) is 0. The molecule has 0 aromatic carbocycles. The molecule has 0 aliphatic heterocycles. The zero-order valence-electron chi connectivity index (χ0n) is 7.68. The Kier molecular flexibility index (Phi) is 6.14. The van der Waals surface area contributed by atoms with Gasteiger partial charge in [0.25, 0.3) is 0 Å². The Balaban J connectivity index is 4.89. The van der Waals surface area contributed by atoms with Gasteiger partial charge in [0.1, 0.15) is 0 Å². The van der Waals surface area contributed by atoms with Gasteiger partial charge in [-0.1, -0.05) is 13.8 Å². The van der Waals surface area contributed by atoms with Crippen molar-refractivity contribution in [1.82, 2.24) is 0 Å². The standard InChI is InChI=1S/C8H13ClOS2/c1-5(2)6(7(9)10)8(11-3)12-4/h5H,1-4H3. The molecule has 1 nitrogen and oxygen atoms in total. The molecule has 0 atom stereocenters. The Bertz CT molecular complexity index is 193. The summed E-state index contributed by atoms with van der Waals surface area (Å²) in [5, 5.41) is -0.330. The van der Waals surface area contributed by atoms with E-state index in [-0.39, 0.29) is 11.2 Å². The number of halogens is 1. The molecule has 0 aliphatic carbocycles. The lowest BCUT2D eigenvalue weighted by molar-refractivity contribution is -0.108. The van der Waals surface area contributed by atoms with Crippen LogP contribution in [0, 0.1) is 5.92 Å². The summed E-state index contributed by atoms with van der Waals surface area (Å²) in [5.41, 5.74) is 0.733. The molecule has 0 bridgehead atoms. The van der Waals surface area contributed by atoms with Gasteiger partial charge >= 0.3 is 0 Å². The zero-order chi connectivity index (χ0) is 9.72. The van der Waals surface area contributed by atoms with Crippen LogP contribution in [0.25, 0.3) is 0 Å². The van der Waals surface area contributed by atoms with Gasteiger partial charge in [-0.05, 0) is 30.0 Å². The second kappa shape index (κ2) is 5.95. The maximum Gasteiger partial charge on any atom is 0.250 e. The van der Waals surface area contributed by atoms with Crippen LogP contribution in [0.2, 0.25) is 0 Å². The third kappa shape index (κ3) is 3.42. The van der Waals surface area contributed by atoms with Gasteiger partial charge in [-0.2, -0.15) is 0 Å². The minimum Gasteiger partial charge on any atom is -0.276 e. The van der Waals surface area contributed by atoms with Crippen molar-refractivity contribution in [2.75, 3.05) is 12.5 Å². The van der Waals surface area contributed by atoms with Crippen LogP contribution in [0.5, 0.6) is 0 Å². The fourth-order valence-electron chi connectivity index (χ4n) is 0.846. The number of allylic oxidation sites excluding steroid dienone is 1. The van der Waals surface area contributed by atoms with Crippen LogP contribution < -0.4 is 0 Å². The molecule has 0 unspecified atom stereocenters. The molecule has 0 spiro atoms. The van der Waals surface area contributed by atoms with Gasteiger partial charge in [-0.25, -0.2) is 0 Å². The Morgan fingerprint density at radius 1 is 1.25 bits per heavy atom. The molecule has 12 heavy (non-hydrogen) atoms. The highest BCUT2D eigenvalue weighted by Gasteiger charge is 2.15. The predicted octanol–water partition coefficient (Wildman–Crippen LogP) is 3.35. The fourth-order valence-corrected chi connectivity index (χ4v) is 3.03. The van der Waals surface area contributed by atoms with Gasteiger partial charge in [0, 0.05) is 9.81 Å². The third-order valence-electron chi connectivity index (χ3n) is 1.38. The van der Waals surface area contributed by atoms with Crippen molar-refractivity contribution in [3.63, 3.8) is 0 Å². The van der Waals surface area contributed by atoms with Crippen molar-refractivity contribution in [2.24, 2.45) is 5.92 Å². The topological polar surface area (TPSA) is 17.1 Å². The minimum absolute atomic E-state index is 0.199. The highest BCUT2D eigenvalue weighted by Crippen LogP contribution is 2.32. The molecule has 0 fully saturated rings. The van der Waals surface area contributed by atoms with Crippen LogP contribution >= 0.6 is 35.1 Å². The maximum atomic E-state index is 11.0. The van der Waals surface area contributed by atoms with E-state index < -0.39 is 0 Å². The van der Waals surface area contributed by atoms with E-state index in [1.807, 2.05) is 26.4 Å². The van der Waals surface area contributed by atoms with E-state index in [1.165, 1.54) is 0 Å². The van der Waals surface area contributed by atoms with E-state index >= 15 is 0 Å². The maximum absolute atomic E-state index is 11.0. The van der Waals surface area contributed by atoms with E-state index in [2.05, 4.69) is 0 Å². The summed E-state index contributed by atoms with van der Waals surface area (Å²) in [7, 11) is 0. The van der Waals surface area contributed by atoms with Crippen molar-refractivity contribution in [3.05, 3.63) is 9.81 Å². The molecule has 0 amide bonds. The van der Waals surface area contributed by atoms with Crippen LogP contribution in [-0.2, 0) is 4.79 Å². The SMILES string of the molecule is CSC(SC)=C(C(=O)Cl)C(C)C. The van der Waals surface area contributed by atoms with E-state index in [4.69, 9.17) is 11.6 Å². The molecule has 0 N–H and O–H groups in total. The van der Waals surface area contributed by atoms with Gasteiger partial charge in [-0.3, -0.25) is 4.79 Å². The van der Waals surface area contributed by atoms with Crippen LogP contribution in [-0.4, -0.2) is 17.8 Å². The molecule has 0 saturated heterocycles. The molecule has 0 radical (unpaired) electrons. The Hall–Kier alpha value is 0.400. The monoisotopic (exact) mass is 224 g/mol. The summed E-state index contributed by atoms with van der Waals surface area (Å²) in [5.74, 6) is 0.199. The van der Waals surface area contributed by atoms with E-state index in [0.717, 1.165) is 9.81 Å². The van der Waals surface area contributed by atoms with Crippen LogP contribution in [0.3, 0.4) is 0 Å². The molecule has 0 aliphatic rings. The van der Waals surface area contributed by atoms with Gasteiger partial charge < -0.3 is 0 Å². The summed E-state index contributed by atoms with van der Waals surface area (Å²) in [6.07, 6.45) is 3.90. The number of rotatable bonds is 4.